The van der Waals surface area contributed by atoms with E-state index in [4.69, 9.17) is 0 Å². The Balaban J connectivity index is 2.04. The molecule has 1 N–H and O–H groups in total. The molecule has 0 aliphatic rings. The molecule has 0 radical (unpaired) electrons. The molecule has 0 aliphatic heterocycles. The highest BCUT2D eigenvalue weighted by Gasteiger charge is 2.02. The number of nitrogens with zero attached hydrogens (tertiary/aromatic N) is 3. The first kappa shape index (κ1) is 11.6. The number of aryl methyl sites for hydroxylation is 1. The molecule has 2 aromatic heterocycles. The Morgan fingerprint density at radius 2 is 2.25 bits per heavy atom. The molecule has 2 rings (SSSR count). The van der Waals surface area contributed by atoms with Crippen molar-refractivity contribution in [3.63, 3.8) is 0 Å². The van der Waals surface area contributed by atoms with Crippen molar-refractivity contribution < 1.29 is 0 Å². The molecule has 2 heterocycles. The molecule has 0 fully saturated rings. The van der Waals surface area contributed by atoms with Gasteiger partial charge in [0, 0.05) is 23.9 Å². The maximum atomic E-state index is 4.27. The van der Waals surface area contributed by atoms with Crippen molar-refractivity contribution in [3.8, 4) is 0 Å². The molecule has 2 aromatic rings. The predicted molar refractivity (Wildman–Crippen MR) is 70.2 cm³/mol. The second kappa shape index (κ2) is 4.97. The monoisotopic (exact) mass is 344 g/mol. The lowest BCUT2D eigenvalue weighted by Crippen LogP contribution is -2.03. The summed E-state index contributed by atoms with van der Waals surface area (Å²) < 4.78 is 3.65. The molecule has 0 saturated carbocycles. The lowest BCUT2D eigenvalue weighted by atomic mass is 10.4. The largest absolute Gasteiger partial charge is 0.363 e. The molecule has 84 valence electrons. The van der Waals surface area contributed by atoms with Crippen LogP contribution < -0.4 is 5.32 Å². The fourth-order valence-corrected chi connectivity index (χ4v) is 2.40. The molecule has 0 saturated heterocycles. The first-order valence-corrected chi connectivity index (χ1v) is 6.27. The maximum Gasteiger partial charge on any atom is 0.140 e. The SMILES string of the molecule is Cn1ccc(CNc2ncc(Br)cc2Br)n1. The minimum absolute atomic E-state index is 0.661. The number of nitrogens with one attached hydrogen (secondary N) is 1. The highest BCUT2D eigenvalue weighted by Crippen LogP contribution is 2.23. The van der Waals surface area contributed by atoms with Crippen molar-refractivity contribution in [1.29, 1.82) is 0 Å². The van der Waals surface area contributed by atoms with Crippen LogP contribution in [0.3, 0.4) is 0 Å². The van der Waals surface area contributed by atoms with Gasteiger partial charge in [0.05, 0.1) is 16.7 Å². The molecule has 0 unspecified atom stereocenters. The summed E-state index contributed by atoms with van der Waals surface area (Å²) in [4.78, 5) is 4.26. The third-order valence-electron chi connectivity index (χ3n) is 2.01. The van der Waals surface area contributed by atoms with Crippen LogP contribution in [0.5, 0.6) is 0 Å². The smallest absolute Gasteiger partial charge is 0.140 e. The van der Waals surface area contributed by atoms with E-state index in [2.05, 4.69) is 47.3 Å². The van der Waals surface area contributed by atoms with E-state index >= 15 is 0 Å². The van der Waals surface area contributed by atoms with Crippen molar-refractivity contribution in [2.24, 2.45) is 7.05 Å². The zero-order chi connectivity index (χ0) is 11.5. The minimum atomic E-state index is 0.661. The molecule has 6 heteroatoms. The van der Waals surface area contributed by atoms with E-state index < -0.39 is 0 Å². The van der Waals surface area contributed by atoms with E-state index in [0.717, 1.165) is 20.5 Å². The minimum Gasteiger partial charge on any atom is -0.363 e. The Labute approximate surface area is 110 Å². The van der Waals surface area contributed by atoms with Gasteiger partial charge >= 0.3 is 0 Å². The second-order valence-corrected chi connectivity index (χ2v) is 5.09. The van der Waals surface area contributed by atoms with Crippen LogP contribution in [0.15, 0.2) is 33.5 Å². The fraction of sp³-hybridized carbons (Fsp3) is 0.200. The van der Waals surface area contributed by atoms with Crippen LogP contribution in [0, 0.1) is 0 Å². The third kappa shape index (κ3) is 2.82. The number of aromatic nitrogens is 3. The second-order valence-electron chi connectivity index (χ2n) is 3.32. The molecule has 16 heavy (non-hydrogen) atoms. The Kier molecular flexibility index (Phi) is 3.60. The number of rotatable bonds is 3. The Bertz CT molecular complexity index is 495. The first-order valence-electron chi connectivity index (χ1n) is 4.68. The number of hydrogen-bond donors (Lipinski definition) is 1. The van der Waals surface area contributed by atoms with Crippen LogP contribution >= 0.6 is 31.9 Å². The zero-order valence-electron chi connectivity index (χ0n) is 8.61. The van der Waals surface area contributed by atoms with Crippen LogP contribution in [0.25, 0.3) is 0 Å². The summed E-state index contributed by atoms with van der Waals surface area (Å²) in [5.41, 5.74) is 0.985. The summed E-state index contributed by atoms with van der Waals surface area (Å²) in [5.74, 6) is 0.814. The topological polar surface area (TPSA) is 42.7 Å². The average molecular weight is 346 g/mol. The molecule has 0 atom stereocenters. The molecule has 0 aliphatic carbocycles. The van der Waals surface area contributed by atoms with Crippen molar-refractivity contribution in [2.45, 2.75) is 6.54 Å². The van der Waals surface area contributed by atoms with Crippen LogP contribution in [0.1, 0.15) is 5.69 Å². The van der Waals surface area contributed by atoms with Gasteiger partial charge in [-0.2, -0.15) is 5.10 Å². The van der Waals surface area contributed by atoms with Gasteiger partial charge in [0.15, 0.2) is 0 Å². The van der Waals surface area contributed by atoms with E-state index in [1.54, 1.807) is 10.9 Å². The van der Waals surface area contributed by atoms with Gasteiger partial charge in [0.2, 0.25) is 0 Å². The lowest BCUT2D eigenvalue weighted by molar-refractivity contribution is 0.747. The van der Waals surface area contributed by atoms with Gasteiger partial charge < -0.3 is 5.32 Å². The van der Waals surface area contributed by atoms with Gasteiger partial charge in [-0.15, -0.1) is 0 Å². The normalized spacial score (nSPS) is 10.4. The molecule has 4 nitrogen and oxygen atoms in total. The average Bonchev–Trinajstić information content (AvgIpc) is 2.63. The Morgan fingerprint density at radius 1 is 1.44 bits per heavy atom. The lowest BCUT2D eigenvalue weighted by Gasteiger charge is -2.05. The molecular formula is C10H10Br2N4. The molecule has 0 bridgehead atoms. The van der Waals surface area contributed by atoms with Gasteiger partial charge in [-0.3, -0.25) is 4.68 Å². The first-order chi connectivity index (χ1) is 7.65. The highest BCUT2D eigenvalue weighted by atomic mass is 79.9. The molecule has 0 aromatic carbocycles. The Morgan fingerprint density at radius 3 is 2.88 bits per heavy atom. The third-order valence-corrected chi connectivity index (χ3v) is 3.05. The highest BCUT2D eigenvalue weighted by molar-refractivity contribution is 9.11. The summed E-state index contributed by atoms with van der Waals surface area (Å²) in [5, 5.41) is 7.49. The molecule has 0 spiro atoms. The zero-order valence-corrected chi connectivity index (χ0v) is 11.8. The van der Waals surface area contributed by atoms with Crippen molar-refractivity contribution >= 4 is 37.7 Å². The maximum absolute atomic E-state index is 4.27. The fourth-order valence-electron chi connectivity index (χ4n) is 1.28. The van der Waals surface area contributed by atoms with Gasteiger partial charge in [-0.25, -0.2) is 4.98 Å². The predicted octanol–water partition coefficient (Wildman–Crippen LogP) is 2.95. The van der Waals surface area contributed by atoms with Gasteiger partial charge in [0.25, 0.3) is 0 Å². The summed E-state index contributed by atoms with van der Waals surface area (Å²) in [6.45, 7) is 0.661. The van der Waals surface area contributed by atoms with E-state index in [1.807, 2.05) is 25.4 Å². The van der Waals surface area contributed by atoms with Gasteiger partial charge in [-0.1, -0.05) is 0 Å². The van der Waals surface area contributed by atoms with E-state index in [-0.39, 0.29) is 0 Å². The molecular weight excluding hydrogens is 336 g/mol. The summed E-state index contributed by atoms with van der Waals surface area (Å²) in [6, 6.07) is 3.92. The van der Waals surface area contributed by atoms with E-state index in [9.17, 15) is 0 Å². The molecule has 0 amide bonds. The number of hydrogen-bond acceptors (Lipinski definition) is 3. The van der Waals surface area contributed by atoms with Crippen molar-refractivity contribution in [3.05, 3.63) is 39.2 Å². The van der Waals surface area contributed by atoms with Crippen LogP contribution in [0.2, 0.25) is 0 Å². The van der Waals surface area contributed by atoms with Crippen LogP contribution in [0.4, 0.5) is 5.82 Å². The van der Waals surface area contributed by atoms with Gasteiger partial charge in [-0.05, 0) is 44.0 Å². The van der Waals surface area contributed by atoms with E-state index in [1.165, 1.54) is 0 Å². The Hall–Kier alpha value is -0.880. The number of pyridine rings is 1. The van der Waals surface area contributed by atoms with Gasteiger partial charge in [0.1, 0.15) is 5.82 Å². The quantitative estimate of drug-likeness (QED) is 0.930. The summed E-state index contributed by atoms with van der Waals surface area (Å²) in [6.07, 6.45) is 3.67. The standard InChI is InChI=1S/C10H10Br2N4/c1-16-3-2-8(15-16)6-14-10-9(12)4-7(11)5-13-10/h2-5H,6H2,1H3,(H,13,14). The van der Waals surface area contributed by atoms with Crippen LogP contribution in [-0.2, 0) is 13.6 Å². The van der Waals surface area contributed by atoms with E-state index in [0.29, 0.717) is 6.54 Å². The van der Waals surface area contributed by atoms with Crippen molar-refractivity contribution in [2.75, 3.05) is 5.32 Å². The van der Waals surface area contributed by atoms with Crippen molar-refractivity contribution in [1.82, 2.24) is 14.8 Å². The number of anilines is 1. The number of halogens is 2. The summed E-state index contributed by atoms with van der Waals surface area (Å²) >= 11 is 6.80. The summed E-state index contributed by atoms with van der Waals surface area (Å²) in [7, 11) is 1.90. The van der Waals surface area contributed by atoms with Crippen LogP contribution in [-0.4, -0.2) is 14.8 Å².